The van der Waals surface area contributed by atoms with Gasteiger partial charge in [0.25, 0.3) is 0 Å². The van der Waals surface area contributed by atoms with Gasteiger partial charge in [0.2, 0.25) is 0 Å². The Morgan fingerprint density at radius 3 is 1.47 bits per heavy atom. The Kier molecular flexibility index (Phi) is 40.2. The van der Waals surface area contributed by atoms with Gasteiger partial charge >= 0.3 is 17.9 Å². The molecule has 0 heterocycles. The van der Waals surface area contributed by atoms with Crippen LogP contribution in [0.3, 0.4) is 0 Å². The molecule has 0 fully saturated rings. The Balaban J connectivity index is 4.28. The quantitative estimate of drug-likeness (QED) is 0.0215. The van der Waals surface area contributed by atoms with Gasteiger partial charge in [-0.05, 0) is 51.4 Å². The van der Waals surface area contributed by atoms with E-state index in [1.165, 1.54) is 116 Å². The lowest BCUT2D eigenvalue weighted by atomic mass is 10.0. The van der Waals surface area contributed by atoms with Crippen LogP contribution in [0.5, 0.6) is 0 Å². The zero-order valence-electron chi connectivity index (χ0n) is 39.1. The number of carboxylic acids is 1. The molecule has 0 rings (SSSR count). The van der Waals surface area contributed by atoms with Gasteiger partial charge in [-0.15, -0.1) is 0 Å². The third kappa shape index (κ3) is 40.2. The molecule has 0 spiro atoms. The predicted molar refractivity (Wildman–Crippen MR) is 252 cm³/mol. The molecule has 60 heavy (non-hydrogen) atoms. The molecule has 0 aromatic rings. The Labute approximate surface area is 368 Å². The zero-order chi connectivity index (χ0) is 44.2. The molecule has 0 bridgehead atoms. The lowest BCUT2D eigenvalue weighted by molar-refractivity contribution is -0.887. The highest BCUT2D eigenvalue weighted by atomic mass is 16.6. The number of hydrogen-bond acceptors (Lipinski definition) is 6. The molecule has 0 saturated carbocycles. The molecule has 0 radical (unpaired) electrons. The van der Waals surface area contributed by atoms with E-state index in [0.717, 1.165) is 32.1 Å². The summed E-state index contributed by atoms with van der Waals surface area (Å²) in [5.74, 6) is -1.57. The summed E-state index contributed by atoms with van der Waals surface area (Å²) in [7, 11) is 5.49. The van der Waals surface area contributed by atoms with Crippen LogP contribution in [0.4, 0.5) is 0 Å². The van der Waals surface area contributed by atoms with E-state index < -0.39 is 18.1 Å². The number of allylic oxidation sites excluding steroid dienone is 12. The second kappa shape index (κ2) is 42.5. The number of likely N-dealkylation sites (N-methyl/N-ethyl adjacent to an activating group) is 1. The molecule has 1 N–H and O–H groups in total. The molecule has 0 aromatic heterocycles. The van der Waals surface area contributed by atoms with E-state index in [0.29, 0.717) is 19.3 Å². The van der Waals surface area contributed by atoms with Crippen molar-refractivity contribution in [2.75, 3.05) is 41.0 Å². The average molecular weight is 841 g/mol. The molecular weight excluding hydrogens is 751 g/mol. The van der Waals surface area contributed by atoms with Crippen LogP contribution in [-0.2, 0) is 28.6 Å². The Hall–Kier alpha value is -3.23. The highest BCUT2D eigenvalue weighted by Crippen LogP contribution is 2.15. The van der Waals surface area contributed by atoms with Gasteiger partial charge < -0.3 is 23.8 Å². The molecular formula is C52H90NO7+. The standard InChI is InChI=1S/C52H89NO7/c1-6-8-10-12-14-16-18-20-21-22-23-24-25-26-27-28-29-31-32-34-36-38-40-42-50(54)59-47-48(46-58-45-44-49(52(56)57)53(3,4)5)60-51(55)43-41-39-37-35-33-30-19-17-15-13-11-9-7-2/h9,11,13,15,17,19,26-27,30,33,35,37,48-49H,6-8,10,12,14,16,18,20-25,28-29,31-32,34,36,38-47H2,1-5H3/p+1/b11-9+,15-13+,19-17+,27-26+,33-30+,37-35+. The molecule has 8 nitrogen and oxygen atoms in total. The smallest absolute Gasteiger partial charge is 0.362 e. The maximum atomic E-state index is 12.7. The lowest BCUT2D eigenvalue weighted by Gasteiger charge is -2.31. The SMILES string of the molecule is CC/C=C/C=C/C=C/C=C/C=C/CCCC(=O)OC(COCCC(C(=O)O)[N+](C)(C)C)COC(=O)CCCCCCCCC/C=C/CCCCCCCCCCCCCC. The summed E-state index contributed by atoms with van der Waals surface area (Å²) >= 11 is 0. The van der Waals surface area contributed by atoms with Gasteiger partial charge in [0, 0.05) is 19.3 Å². The van der Waals surface area contributed by atoms with Crippen LogP contribution < -0.4 is 0 Å². The molecule has 0 aliphatic heterocycles. The van der Waals surface area contributed by atoms with Gasteiger partial charge in [0.05, 0.1) is 34.4 Å². The number of ether oxygens (including phenoxy) is 3. The molecule has 0 aliphatic carbocycles. The summed E-state index contributed by atoms with van der Waals surface area (Å²) in [6.07, 6.45) is 54.1. The van der Waals surface area contributed by atoms with E-state index >= 15 is 0 Å². The maximum absolute atomic E-state index is 12.7. The van der Waals surface area contributed by atoms with Crippen LogP contribution in [0.2, 0.25) is 0 Å². The number of quaternary nitrogens is 1. The topological polar surface area (TPSA) is 99.1 Å². The van der Waals surface area contributed by atoms with E-state index in [9.17, 15) is 19.5 Å². The number of rotatable bonds is 42. The molecule has 0 amide bonds. The Morgan fingerprint density at radius 1 is 0.517 bits per heavy atom. The van der Waals surface area contributed by atoms with Gasteiger partial charge in [-0.1, -0.05) is 189 Å². The first kappa shape index (κ1) is 56.8. The van der Waals surface area contributed by atoms with E-state index in [4.69, 9.17) is 14.2 Å². The first-order valence-electron chi connectivity index (χ1n) is 24.0. The van der Waals surface area contributed by atoms with Crippen molar-refractivity contribution in [2.45, 2.75) is 199 Å². The highest BCUT2D eigenvalue weighted by molar-refractivity contribution is 5.72. The molecule has 0 saturated heterocycles. The average Bonchev–Trinajstić information content (AvgIpc) is 3.21. The van der Waals surface area contributed by atoms with Crippen molar-refractivity contribution in [3.8, 4) is 0 Å². The summed E-state index contributed by atoms with van der Waals surface area (Å²) in [5.41, 5.74) is 0. The van der Waals surface area contributed by atoms with Crippen molar-refractivity contribution >= 4 is 17.9 Å². The largest absolute Gasteiger partial charge is 0.477 e. The number of unbranched alkanes of at least 4 members (excludes halogenated alkanes) is 20. The van der Waals surface area contributed by atoms with Crippen molar-refractivity contribution in [1.29, 1.82) is 0 Å². The third-order valence-corrected chi connectivity index (χ3v) is 10.5. The minimum atomic E-state index is -0.889. The van der Waals surface area contributed by atoms with Gasteiger partial charge in [0.1, 0.15) is 6.61 Å². The fraction of sp³-hybridized carbons (Fsp3) is 0.712. The normalized spacial score (nSPS) is 13.6. The summed E-state index contributed by atoms with van der Waals surface area (Å²) in [6, 6.07) is -0.631. The van der Waals surface area contributed by atoms with Crippen molar-refractivity contribution in [1.82, 2.24) is 0 Å². The molecule has 344 valence electrons. The van der Waals surface area contributed by atoms with Crippen LogP contribution >= 0.6 is 0 Å². The van der Waals surface area contributed by atoms with Crippen molar-refractivity contribution in [2.24, 2.45) is 0 Å². The van der Waals surface area contributed by atoms with Crippen LogP contribution in [0.25, 0.3) is 0 Å². The summed E-state index contributed by atoms with van der Waals surface area (Å²) < 4.78 is 17.2. The fourth-order valence-corrected chi connectivity index (χ4v) is 6.76. The molecule has 2 atom stereocenters. The maximum Gasteiger partial charge on any atom is 0.362 e. The summed E-state index contributed by atoms with van der Waals surface area (Å²) in [5, 5.41) is 9.62. The number of hydrogen-bond donors (Lipinski definition) is 1. The monoisotopic (exact) mass is 841 g/mol. The van der Waals surface area contributed by atoms with Crippen LogP contribution in [0.15, 0.2) is 72.9 Å². The van der Waals surface area contributed by atoms with E-state index in [-0.39, 0.29) is 42.7 Å². The minimum Gasteiger partial charge on any atom is -0.477 e. The Bertz CT molecular complexity index is 1210. The van der Waals surface area contributed by atoms with Crippen molar-refractivity contribution in [3.05, 3.63) is 72.9 Å². The zero-order valence-corrected chi connectivity index (χ0v) is 39.1. The molecule has 0 aliphatic rings. The molecule has 0 aromatic carbocycles. The number of nitrogens with zero attached hydrogens (tertiary/aromatic N) is 1. The van der Waals surface area contributed by atoms with Gasteiger partial charge in [-0.2, -0.15) is 0 Å². The minimum absolute atomic E-state index is 0.0278. The van der Waals surface area contributed by atoms with E-state index in [2.05, 4.69) is 32.1 Å². The third-order valence-electron chi connectivity index (χ3n) is 10.5. The van der Waals surface area contributed by atoms with E-state index in [1.807, 2.05) is 75.8 Å². The Morgan fingerprint density at radius 2 is 0.967 bits per heavy atom. The van der Waals surface area contributed by atoms with Crippen LogP contribution in [0.1, 0.15) is 187 Å². The lowest BCUT2D eigenvalue weighted by Crippen LogP contribution is -2.50. The number of esters is 2. The van der Waals surface area contributed by atoms with Crippen molar-refractivity contribution in [3.63, 3.8) is 0 Å². The number of aliphatic carboxylic acids is 1. The molecule has 2 unspecified atom stereocenters. The second-order valence-corrected chi connectivity index (χ2v) is 17.1. The molecule has 8 heteroatoms. The second-order valence-electron chi connectivity index (χ2n) is 17.1. The highest BCUT2D eigenvalue weighted by Gasteiger charge is 2.31. The van der Waals surface area contributed by atoms with Gasteiger partial charge in [0.15, 0.2) is 12.1 Å². The number of carbonyl (C=O) groups excluding carboxylic acids is 2. The predicted octanol–water partition coefficient (Wildman–Crippen LogP) is 13.5. The number of carboxylic acid groups (broad SMARTS) is 1. The van der Waals surface area contributed by atoms with Crippen LogP contribution in [-0.4, -0.2) is 80.6 Å². The first-order chi connectivity index (χ1) is 29.1. The van der Waals surface area contributed by atoms with Crippen molar-refractivity contribution < 1.29 is 38.2 Å². The summed E-state index contributed by atoms with van der Waals surface area (Å²) in [6.45, 7) is 4.51. The summed E-state index contributed by atoms with van der Waals surface area (Å²) in [4.78, 5) is 37.0. The van der Waals surface area contributed by atoms with Gasteiger partial charge in [-0.25, -0.2) is 4.79 Å². The fourth-order valence-electron chi connectivity index (χ4n) is 6.76. The number of carbonyl (C=O) groups is 3. The first-order valence-corrected chi connectivity index (χ1v) is 24.0. The van der Waals surface area contributed by atoms with Crippen LogP contribution in [0, 0.1) is 0 Å². The van der Waals surface area contributed by atoms with Gasteiger partial charge in [-0.3, -0.25) is 9.59 Å². The van der Waals surface area contributed by atoms with E-state index in [1.54, 1.807) is 0 Å².